The van der Waals surface area contributed by atoms with Gasteiger partial charge in [0.2, 0.25) is 0 Å². The van der Waals surface area contributed by atoms with E-state index in [9.17, 15) is 4.39 Å². The van der Waals surface area contributed by atoms with Crippen LogP contribution in [-0.4, -0.2) is 25.2 Å². The Kier molecular flexibility index (Phi) is 3.38. The van der Waals surface area contributed by atoms with E-state index in [4.69, 9.17) is 0 Å². The molecule has 0 aliphatic carbocycles. The molecule has 1 unspecified atom stereocenters. The largest absolute Gasteiger partial charge is 0.366 e. The first-order valence-electron chi connectivity index (χ1n) is 6.30. The minimum atomic E-state index is -0.106. The van der Waals surface area contributed by atoms with Crippen LogP contribution < -0.4 is 10.2 Å². The monoisotopic (exact) mass is 236 g/mol. The number of piperazine rings is 1. The maximum absolute atomic E-state index is 13.9. The standard InChI is InChI=1S/C14H21FN2/c1-4-14(3)10-17(8-7-16-14)13-6-5-11(2)9-12(13)15/h5-6,9,16H,4,7-8,10H2,1-3H3. The maximum Gasteiger partial charge on any atom is 0.146 e. The van der Waals surface area contributed by atoms with E-state index in [1.807, 2.05) is 19.1 Å². The fraction of sp³-hybridized carbons (Fsp3) is 0.571. The van der Waals surface area contributed by atoms with Crippen molar-refractivity contribution in [3.63, 3.8) is 0 Å². The number of anilines is 1. The molecule has 17 heavy (non-hydrogen) atoms. The summed E-state index contributed by atoms with van der Waals surface area (Å²) < 4.78 is 13.9. The average molecular weight is 236 g/mol. The molecule has 1 atom stereocenters. The number of hydrogen-bond donors (Lipinski definition) is 1. The maximum atomic E-state index is 13.9. The van der Waals surface area contributed by atoms with E-state index in [0.29, 0.717) is 0 Å². The van der Waals surface area contributed by atoms with Crippen LogP contribution in [0.5, 0.6) is 0 Å². The van der Waals surface area contributed by atoms with Crippen LogP contribution in [-0.2, 0) is 0 Å². The minimum absolute atomic E-state index is 0.0928. The minimum Gasteiger partial charge on any atom is -0.366 e. The molecule has 1 saturated heterocycles. The van der Waals surface area contributed by atoms with Gasteiger partial charge >= 0.3 is 0 Å². The predicted octanol–water partition coefficient (Wildman–Crippen LogP) is 2.71. The third-order valence-corrected chi connectivity index (χ3v) is 3.70. The molecule has 1 fully saturated rings. The Labute approximate surface area is 103 Å². The number of nitrogens with zero attached hydrogens (tertiary/aromatic N) is 1. The highest BCUT2D eigenvalue weighted by atomic mass is 19.1. The van der Waals surface area contributed by atoms with E-state index in [1.54, 1.807) is 6.07 Å². The number of benzene rings is 1. The zero-order chi connectivity index (χ0) is 12.5. The Hall–Kier alpha value is -1.09. The molecule has 2 nitrogen and oxygen atoms in total. The van der Waals surface area contributed by atoms with Crippen LogP contribution >= 0.6 is 0 Å². The van der Waals surface area contributed by atoms with Crippen LogP contribution in [0.3, 0.4) is 0 Å². The summed E-state index contributed by atoms with van der Waals surface area (Å²) >= 11 is 0. The summed E-state index contributed by atoms with van der Waals surface area (Å²) in [6.07, 6.45) is 1.05. The first-order chi connectivity index (χ1) is 8.04. The lowest BCUT2D eigenvalue weighted by Crippen LogP contribution is -2.58. The fourth-order valence-corrected chi connectivity index (χ4v) is 2.36. The third kappa shape index (κ3) is 2.60. The van der Waals surface area contributed by atoms with Gasteiger partial charge in [-0.1, -0.05) is 13.0 Å². The van der Waals surface area contributed by atoms with Gasteiger partial charge in [-0.2, -0.15) is 0 Å². The molecule has 0 aromatic heterocycles. The van der Waals surface area contributed by atoms with Crippen molar-refractivity contribution in [2.24, 2.45) is 0 Å². The van der Waals surface area contributed by atoms with Crippen molar-refractivity contribution < 1.29 is 4.39 Å². The summed E-state index contributed by atoms with van der Waals surface area (Å²) in [4.78, 5) is 2.15. The predicted molar refractivity (Wildman–Crippen MR) is 70.0 cm³/mol. The molecule has 1 aliphatic rings. The molecule has 1 N–H and O–H groups in total. The van der Waals surface area contributed by atoms with Crippen molar-refractivity contribution in [3.05, 3.63) is 29.6 Å². The molecule has 0 spiro atoms. The number of rotatable bonds is 2. The lowest BCUT2D eigenvalue weighted by molar-refractivity contribution is 0.313. The number of nitrogens with one attached hydrogen (secondary N) is 1. The first-order valence-corrected chi connectivity index (χ1v) is 6.30. The van der Waals surface area contributed by atoms with E-state index in [0.717, 1.165) is 37.3 Å². The summed E-state index contributed by atoms with van der Waals surface area (Å²) in [5.41, 5.74) is 1.80. The molecule has 0 radical (unpaired) electrons. The molecule has 1 aliphatic heterocycles. The van der Waals surface area contributed by atoms with Gasteiger partial charge in [-0.15, -0.1) is 0 Å². The highest BCUT2D eigenvalue weighted by Gasteiger charge is 2.29. The van der Waals surface area contributed by atoms with Crippen molar-refractivity contribution in [1.29, 1.82) is 0 Å². The van der Waals surface area contributed by atoms with Gasteiger partial charge in [0.25, 0.3) is 0 Å². The van der Waals surface area contributed by atoms with Gasteiger partial charge in [-0.05, 0) is 38.0 Å². The quantitative estimate of drug-likeness (QED) is 0.849. The van der Waals surface area contributed by atoms with E-state index in [1.165, 1.54) is 0 Å². The zero-order valence-corrected chi connectivity index (χ0v) is 10.9. The lowest BCUT2D eigenvalue weighted by atomic mass is 9.95. The zero-order valence-electron chi connectivity index (χ0n) is 10.9. The van der Waals surface area contributed by atoms with Crippen LogP contribution in [0, 0.1) is 12.7 Å². The number of aryl methyl sites for hydroxylation is 1. The lowest BCUT2D eigenvalue weighted by Gasteiger charge is -2.42. The Morgan fingerprint density at radius 1 is 1.47 bits per heavy atom. The molecule has 2 rings (SSSR count). The Balaban J connectivity index is 2.22. The number of halogens is 1. The molecule has 1 aromatic rings. The summed E-state index contributed by atoms with van der Waals surface area (Å²) in [6, 6.07) is 5.48. The van der Waals surface area contributed by atoms with Gasteiger partial charge in [0, 0.05) is 25.2 Å². The SMILES string of the molecule is CCC1(C)CN(c2ccc(C)cc2F)CCN1. The van der Waals surface area contributed by atoms with E-state index >= 15 is 0 Å². The smallest absolute Gasteiger partial charge is 0.146 e. The van der Waals surface area contributed by atoms with Gasteiger partial charge in [-0.3, -0.25) is 0 Å². The second-order valence-corrected chi connectivity index (χ2v) is 5.22. The van der Waals surface area contributed by atoms with E-state index in [-0.39, 0.29) is 11.4 Å². The van der Waals surface area contributed by atoms with Crippen molar-refractivity contribution in [2.45, 2.75) is 32.7 Å². The molecule has 94 valence electrons. The molecule has 0 saturated carbocycles. The fourth-order valence-electron chi connectivity index (χ4n) is 2.36. The van der Waals surface area contributed by atoms with Crippen LogP contribution in [0.4, 0.5) is 10.1 Å². The summed E-state index contributed by atoms with van der Waals surface area (Å²) in [7, 11) is 0. The van der Waals surface area contributed by atoms with Gasteiger partial charge in [0.05, 0.1) is 5.69 Å². The highest BCUT2D eigenvalue weighted by Crippen LogP contribution is 2.25. The Bertz CT molecular complexity index is 405. The molecule has 0 amide bonds. The molecule has 0 bridgehead atoms. The van der Waals surface area contributed by atoms with Crippen LogP contribution in [0.15, 0.2) is 18.2 Å². The summed E-state index contributed by atoms with van der Waals surface area (Å²) in [6.45, 7) is 8.94. The normalized spacial score (nSPS) is 25.1. The second kappa shape index (κ2) is 4.65. The van der Waals surface area contributed by atoms with E-state index in [2.05, 4.69) is 24.1 Å². The van der Waals surface area contributed by atoms with Crippen LogP contribution in [0.2, 0.25) is 0 Å². The highest BCUT2D eigenvalue weighted by molar-refractivity contribution is 5.50. The van der Waals surface area contributed by atoms with Crippen molar-refractivity contribution in [2.75, 3.05) is 24.5 Å². The third-order valence-electron chi connectivity index (χ3n) is 3.70. The average Bonchev–Trinajstić information content (AvgIpc) is 2.29. The van der Waals surface area contributed by atoms with Gasteiger partial charge in [0.15, 0.2) is 0 Å². The van der Waals surface area contributed by atoms with Crippen LogP contribution in [0.1, 0.15) is 25.8 Å². The first kappa shape index (κ1) is 12.4. The topological polar surface area (TPSA) is 15.3 Å². The van der Waals surface area contributed by atoms with Gasteiger partial charge in [0.1, 0.15) is 5.82 Å². The van der Waals surface area contributed by atoms with Crippen LogP contribution in [0.25, 0.3) is 0 Å². The van der Waals surface area contributed by atoms with Gasteiger partial charge in [-0.25, -0.2) is 4.39 Å². The molecule has 1 heterocycles. The number of hydrogen-bond acceptors (Lipinski definition) is 2. The van der Waals surface area contributed by atoms with Crippen molar-refractivity contribution >= 4 is 5.69 Å². The summed E-state index contributed by atoms with van der Waals surface area (Å²) in [5, 5.41) is 3.51. The molecule has 1 aromatic carbocycles. The van der Waals surface area contributed by atoms with Gasteiger partial charge < -0.3 is 10.2 Å². The van der Waals surface area contributed by atoms with E-state index < -0.39 is 0 Å². The summed E-state index contributed by atoms with van der Waals surface area (Å²) in [5.74, 6) is -0.106. The Morgan fingerprint density at radius 3 is 2.88 bits per heavy atom. The van der Waals surface area contributed by atoms with Crippen molar-refractivity contribution in [3.8, 4) is 0 Å². The Morgan fingerprint density at radius 2 is 2.24 bits per heavy atom. The second-order valence-electron chi connectivity index (χ2n) is 5.22. The van der Waals surface area contributed by atoms with Crippen molar-refractivity contribution in [1.82, 2.24) is 5.32 Å². The molecule has 3 heteroatoms. The molecular weight excluding hydrogens is 215 g/mol. The molecular formula is C14H21FN2.